The normalized spacial score (nSPS) is 55.5. The third kappa shape index (κ3) is 3.15. The molecule has 3 aliphatic heterocycles. The molecule has 9 nitrogen and oxygen atoms in total. The fourth-order valence-electron chi connectivity index (χ4n) is 9.79. The van der Waals surface area contributed by atoms with Gasteiger partial charge in [0, 0.05) is 25.0 Å². The minimum absolute atomic E-state index is 0.00306. The number of esters is 1. The Morgan fingerprint density at radius 1 is 1.13 bits per heavy atom. The number of rotatable bonds is 2. The molecule has 0 radical (unpaired) electrons. The average molecular weight is 533 g/mol. The summed E-state index contributed by atoms with van der Waals surface area (Å²) in [6.07, 6.45) is 5.48. The molecule has 12 atom stereocenters. The van der Waals surface area contributed by atoms with Crippen LogP contribution in [0, 0.1) is 28.6 Å². The first-order valence-electron chi connectivity index (χ1n) is 14.2. The second-order valence-corrected chi connectivity index (χ2v) is 13.2. The molecule has 38 heavy (non-hydrogen) atoms. The minimum Gasteiger partial charge on any atom is -0.458 e. The van der Waals surface area contributed by atoms with Gasteiger partial charge in [0.25, 0.3) is 0 Å². The Bertz CT molecular complexity index is 1090. The van der Waals surface area contributed by atoms with E-state index in [1.165, 1.54) is 5.57 Å². The van der Waals surface area contributed by atoms with E-state index < -0.39 is 41.4 Å². The van der Waals surface area contributed by atoms with E-state index in [4.69, 9.17) is 23.7 Å². The van der Waals surface area contributed by atoms with Gasteiger partial charge in [-0.05, 0) is 67.3 Å². The standard InChI is InChI=1S/C29H40O9/c1-26-13-21-20(37-25-29(33,38-21)23(34-3)7-9-35-25)11-16(26)4-5-18-19(26)12-22(30)27(2)17(6-8-28(18,27)32)15-10-24(31)36-14-15/h10-11,17-23,25,30,32-33H,4-9,12-14H2,1-3H3. The number of carbonyl (C=O) groups is 1. The molecular weight excluding hydrogens is 492 g/mol. The van der Waals surface area contributed by atoms with Crippen LogP contribution >= 0.6 is 0 Å². The summed E-state index contributed by atoms with van der Waals surface area (Å²) in [5.74, 6) is -2.06. The highest BCUT2D eigenvalue weighted by Gasteiger charge is 2.71. The zero-order chi connectivity index (χ0) is 26.7. The van der Waals surface area contributed by atoms with Crippen molar-refractivity contribution in [3.05, 3.63) is 23.3 Å². The van der Waals surface area contributed by atoms with Gasteiger partial charge in [0.05, 0.1) is 24.4 Å². The molecule has 0 spiro atoms. The largest absolute Gasteiger partial charge is 0.458 e. The lowest BCUT2D eigenvalue weighted by molar-refractivity contribution is -0.442. The summed E-state index contributed by atoms with van der Waals surface area (Å²) in [4.78, 5) is 11.8. The molecule has 12 unspecified atom stereocenters. The molecular formula is C29H40O9. The lowest BCUT2D eigenvalue weighted by Crippen LogP contribution is -2.69. The number of aliphatic hydroxyl groups is 3. The number of methoxy groups -OCH3 is 1. The lowest BCUT2D eigenvalue weighted by Gasteiger charge is -2.64. The van der Waals surface area contributed by atoms with E-state index in [-0.39, 0.29) is 41.8 Å². The Kier molecular flexibility index (Phi) is 5.63. The molecule has 2 saturated heterocycles. The number of ether oxygens (including phenoxy) is 5. The molecule has 0 amide bonds. The van der Waals surface area contributed by atoms with Crippen LogP contribution in [-0.2, 0) is 28.5 Å². The Morgan fingerprint density at radius 2 is 1.95 bits per heavy atom. The highest BCUT2D eigenvalue weighted by Crippen LogP contribution is 2.69. The fourth-order valence-corrected chi connectivity index (χ4v) is 9.79. The molecule has 0 aromatic rings. The third-order valence-corrected chi connectivity index (χ3v) is 11.9. The van der Waals surface area contributed by atoms with Gasteiger partial charge in [0.15, 0.2) is 0 Å². The fraction of sp³-hybridized carbons (Fsp3) is 0.828. The van der Waals surface area contributed by atoms with Crippen LogP contribution in [0.2, 0.25) is 0 Å². The van der Waals surface area contributed by atoms with Crippen molar-refractivity contribution in [2.75, 3.05) is 20.3 Å². The van der Waals surface area contributed by atoms with E-state index in [0.717, 1.165) is 24.8 Å². The predicted octanol–water partition coefficient (Wildman–Crippen LogP) is 1.98. The first-order valence-corrected chi connectivity index (χ1v) is 14.2. The van der Waals surface area contributed by atoms with Crippen molar-refractivity contribution in [2.24, 2.45) is 28.6 Å². The van der Waals surface area contributed by atoms with Gasteiger partial charge in [0.1, 0.15) is 18.8 Å². The smallest absolute Gasteiger partial charge is 0.331 e. The van der Waals surface area contributed by atoms with Crippen LogP contribution in [-0.4, -0.2) is 83.7 Å². The van der Waals surface area contributed by atoms with Crippen molar-refractivity contribution in [1.29, 1.82) is 0 Å². The SMILES string of the molecule is COC1CCOC2OC3C=C4CCC5C(CC(O)C6(C)C(C7=CC(=O)OC7)CCC56O)C4(C)CC3OC12O. The van der Waals surface area contributed by atoms with Crippen molar-refractivity contribution in [3.63, 3.8) is 0 Å². The molecule has 0 aromatic heterocycles. The van der Waals surface area contributed by atoms with Crippen LogP contribution in [0.5, 0.6) is 0 Å². The number of aliphatic hydroxyl groups excluding tert-OH is 1. The van der Waals surface area contributed by atoms with Gasteiger partial charge in [-0.15, -0.1) is 0 Å². The minimum atomic E-state index is -1.68. The van der Waals surface area contributed by atoms with Gasteiger partial charge in [0.2, 0.25) is 12.1 Å². The van der Waals surface area contributed by atoms with Crippen molar-refractivity contribution < 1.29 is 43.8 Å². The summed E-state index contributed by atoms with van der Waals surface area (Å²) in [5, 5.41) is 35.7. The number of fused-ring (bicyclic) bond motifs is 7. The molecule has 4 aliphatic carbocycles. The summed E-state index contributed by atoms with van der Waals surface area (Å²) < 4.78 is 29.2. The first kappa shape index (κ1) is 25.6. The number of cyclic esters (lactones) is 1. The van der Waals surface area contributed by atoms with E-state index in [1.807, 2.05) is 6.92 Å². The van der Waals surface area contributed by atoms with E-state index >= 15 is 0 Å². The molecule has 7 aliphatic rings. The summed E-state index contributed by atoms with van der Waals surface area (Å²) >= 11 is 0. The van der Waals surface area contributed by atoms with Crippen LogP contribution in [0.3, 0.4) is 0 Å². The average Bonchev–Trinajstić information content (AvgIpc) is 3.42. The molecule has 3 saturated carbocycles. The lowest BCUT2D eigenvalue weighted by atomic mass is 9.44. The highest BCUT2D eigenvalue weighted by molar-refractivity contribution is 5.85. The van der Waals surface area contributed by atoms with Crippen molar-refractivity contribution in [1.82, 2.24) is 0 Å². The molecule has 3 heterocycles. The summed E-state index contributed by atoms with van der Waals surface area (Å²) in [7, 11) is 1.56. The Balaban J connectivity index is 1.21. The van der Waals surface area contributed by atoms with Gasteiger partial charge in [-0.2, -0.15) is 0 Å². The zero-order valence-corrected chi connectivity index (χ0v) is 22.4. The number of carbonyl (C=O) groups excluding carboxylic acids is 1. The van der Waals surface area contributed by atoms with Gasteiger partial charge in [-0.1, -0.05) is 25.5 Å². The Morgan fingerprint density at radius 3 is 2.68 bits per heavy atom. The maximum absolute atomic E-state index is 12.5. The van der Waals surface area contributed by atoms with Gasteiger partial charge >= 0.3 is 5.97 Å². The van der Waals surface area contributed by atoms with Gasteiger partial charge in [-0.3, -0.25) is 0 Å². The Hall–Kier alpha value is -1.33. The third-order valence-electron chi connectivity index (χ3n) is 11.9. The molecule has 0 bridgehead atoms. The second kappa shape index (κ2) is 8.35. The van der Waals surface area contributed by atoms with Crippen LogP contribution in [0.15, 0.2) is 23.3 Å². The second-order valence-electron chi connectivity index (χ2n) is 13.2. The van der Waals surface area contributed by atoms with E-state index in [1.54, 1.807) is 13.2 Å². The Labute approximate surface area is 223 Å². The summed E-state index contributed by atoms with van der Waals surface area (Å²) in [6, 6.07) is 0. The van der Waals surface area contributed by atoms with Gasteiger partial charge in [-0.25, -0.2) is 4.79 Å². The maximum atomic E-state index is 12.5. The van der Waals surface area contributed by atoms with E-state index in [0.29, 0.717) is 32.3 Å². The van der Waals surface area contributed by atoms with Crippen LogP contribution < -0.4 is 0 Å². The van der Waals surface area contributed by atoms with Crippen LogP contribution in [0.4, 0.5) is 0 Å². The van der Waals surface area contributed by atoms with Crippen molar-refractivity contribution >= 4 is 5.97 Å². The number of hydrogen-bond acceptors (Lipinski definition) is 9. The molecule has 9 heteroatoms. The van der Waals surface area contributed by atoms with Gasteiger partial charge < -0.3 is 39.0 Å². The number of allylic oxidation sites excluding steroid dienone is 1. The quantitative estimate of drug-likeness (QED) is 0.362. The maximum Gasteiger partial charge on any atom is 0.331 e. The summed E-state index contributed by atoms with van der Waals surface area (Å²) in [5.41, 5.74) is 0.0485. The predicted molar refractivity (Wildman–Crippen MR) is 132 cm³/mol. The van der Waals surface area contributed by atoms with Crippen molar-refractivity contribution in [3.8, 4) is 0 Å². The topological polar surface area (TPSA) is 124 Å². The molecule has 7 rings (SSSR count). The number of hydrogen-bond donors (Lipinski definition) is 3. The highest BCUT2D eigenvalue weighted by atomic mass is 16.8. The van der Waals surface area contributed by atoms with E-state index in [2.05, 4.69) is 13.0 Å². The van der Waals surface area contributed by atoms with E-state index in [9.17, 15) is 20.1 Å². The summed E-state index contributed by atoms with van der Waals surface area (Å²) in [6.45, 7) is 4.92. The molecule has 210 valence electrons. The molecule has 3 N–H and O–H groups in total. The van der Waals surface area contributed by atoms with Crippen LogP contribution in [0.1, 0.15) is 58.8 Å². The molecule has 0 aromatic carbocycles. The zero-order valence-electron chi connectivity index (χ0n) is 22.4. The first-order chi connectivity index (χ1) is 18.0. The molecule has 5 fully saturated rings. The monoisotopic (exact) mass is 532 g/mol. The van der Waals surface area contributed by atoms with Crippen LogP contribution in [0.25, 0.3) is 0 Å². The van der Waals surface area contributed by atoms with Crippen molar-refractivity contribution in [2.45, 2.75) is 101 Å².